The summed E-state index contributed by atoms with van der Waals surface area (Å²) in [7, 11) is 0. The Balaban J connectivity index is 0.000001000. The molecule has 2 N–H and O–H groups in total. The molecule has 0 spiro atoms. The van der Waals surface area contributed by atoms with Gasteiger partial charge in [0.05, 0.1) is 6.33 Å². The Labute approximate surface area is 67.4 Å². The molecule has 0 aromatic carbocycles. The first-order chi connectivity index (χ1) is 4.72. The second-order valence-corrected chi connectivity index (χ2v) is 2.99. The topological polar surface area (TPSA) is 49.3 Å². The summed E-state index contributed by atoms with van der Waals surface area (Å²) >= 11 is 0. The van der Waals surface area contributed by atoms with Gasteiger partial charge in [-0.05, 0) is 12.8 Å². The third kappa shape index (κ3) is 2.35. The SMILES string of the molecule is CC(C)C(C)n1ccnc1.O. The van der Waals surface area contributed by atoms with E-state index in [9.17, 15) is 0 Å². The van der Waals surface area contributed by atoms with Crippen molar-refractivity contribution in [3.05, 3.63) is 18.7 Å². The van der Waals surface area contributed by atoms with Crippen LogP contribution in [0.4, 0.5) is 0 Å². The number of aromatic nitrogens is 2. The normalized spacial score (nSPS) is 12.7. The molecular weight excluding hydrogens is 140 g/mol. The molecule has 0 amide bonds. The molecule has 1 unspecified atom stereocenters. The average molecular weight is 156 g/mol. The molecule has 3 nitrogen and oxygen atoms in total. The van der Waals surface area contributed by atoms with E-state index in [1.807, 2.05) is 18.7 Å². The maximum absolute atomic E-state index is 3.99. The van der Waals surface area contributed by atoms with Gasteiger partial charge in [0.2, 0.25) is 0 Å². The fourth-order valence-electron chi connectivity index (χ4n) is 0.855. The lowest BCUT2D eigenvalue weighted by atomic mass is 10.1. The highest BCUT2D eigenvalue weighted by Gasteiger charge is 2.06. The summed E-state index contributed by atoms with van der Waals surface area (Å²) in [6.07, 6.45) is 5.69. The monoisotopic (exact) mass is 156 g/mol. The Morgan fingerprint density at radius 3 is 2.27 bits per heavy atom. The van der Waals surface area contributed by atoms with Crippen LogP contribution in [0, 0.1) is 5.92 Å². The molecule has 64 valence electrons. The van der Waals surface area contributed by atoms with E-state index in [0.717, 1.165) is 0 Å². The van der Waals surface area contributed by atoms with Crippen molar-refractivity contribution in [3.63, 3.8) is 0 Å². The van der Waals surface area contributed by atoms with Gasteiger partial charge < -0.3 is 10.0 Å². The van der Waals surface area contributed by atoms with Crippen LogP contribution in [0.3, 0.4) is 0 Å². The lowest BCUT2D eigenvalue weighted by molar-refractivity contribution is 0.408. The van der Waals surface area contributed by atoms with Gasteiger partial charge in [-0.15, -0.1) is 0 Å². The van der Waals surface area contributed by atoms with Crippen LogP contribution in [0.1, 0.15) is 26.8 Å². The number of nitrogens with zero attached hydrogens (tertiary/aromatic N) is 2. The molecule has 0 saturated heterocycles. The van der Waals surface area contributed by atoms with Crippen molar-refractivity contribution in [2.45, 2.75) is 26.8 Å². The van der Waals surface area contributed by atoms with Gasteiger partial charge in [0.25, 0.3) is 0 Å². The van der Waals surface area contributed by atoms with Gasteiger partial charge >= 0.3 is 0 Å². The highest BCUT2D eigenvalue weighted by atomic mass is 16.0. The van der Waals surface area contributed by atoms with E-state index in [1.165, 1.54) is 0 Å². The van der Waals surface area contributed by atoms with Gasteiger partial charge in [-0.2, -0.15) is 0 Å². The Kier molecular flexibility index (Phi) is 3.82. The first-order valence-corrected chi connectivity index (χ1v) is 3.69. The molecule has 0 bridgehead atoms. The van der Waals surface area contributed by atoms with Crippen LogP contribution in [0.25, 0.3) is 0 Å². The van der Waals surface area contributed by atoms with E-state index < -0.39 is 0 Å². The second-order valence-electron chi connectivity index (χ2n) is 2.99. The highest BCUT2D eigenvalue weighted by molar-refractivity contribution is 4.79. The zero-order valence-corrected chi connectivity index (χ0v) is 7.28. The van der Waals surface area contributed by atoms with E-state index in [-0.39, 0.29) is 5.48 Å². The quantitative estimate of drug-likeness (QED) is 0.636. The summed E-state index contributed by atoms with van der Waals surface area (Å²) in [5.41, 5.74) is 0. The Hall–Kier alpha value is -0.830. The molecule has 0 radical (unpaired) electrons. The van der Waals surface area contributed by atoms with Crippen molar-refractivity contribution in [2.75, 3.05) is 0 Å². The van der Waals surface area contributed by atoms with Crippen LogP contribution in [0.15, 0.2) is 18.7 Å². The van der Waals surface area contributed by atoms with Crippen molar-refractivity contribution in [1.29, 1.82) is 0 Å². The van der Waals surface area contributed by atoms with E-state index >= 15 is 0 Å². The maximum Gasteiger partial charge on any atom is 0.0948 e. The minimum Gasteiger partial charge on any atom is -0.412 e. The fourth-order valence-corrected chi connectivity index (χ4v) is 0.855. The van der Waals surface area contributed by atoms with E-state index in [4.69, 9.17) is 0 Å². The van der Waals surface area contributed by atoms with Gasteiger partial charge in [-0.1, -0.05) is 13.8 Å². The minimum absolute atomic E-state index is 0. The van der Waals surface area contributed by atoms with Gasteiger partial charge in [-0.3, -0.25) is 0 Å². The number of imidazole rings is 1. The summed E-state index contributed by atoms with van der Waals surface area (Å²) in [5, 5.41) is 0. The third-order valence-electron chi connectivity index (χ3n) is 1.96. The van der Waals surface area contributed by atoms with Crippen LogP contribution in [0.2, 0.25) is 0 Å². The predicted octanol–water partition coefficient (Wildman–Crippen LogP) is 1.28. The molecule has 1 aromatic rings. The molecule has 0 aliphatic heterocycles. The van der Waals surface area contributed by atoms with E-state index in [1.54, 1.807) is 0 Å². The Bertz CT molecular complexity index is 182. The number of hydrogen-bond donors (Lipinski definition) is 0. The average Bonchev–Trinajstić information content (AvgIpc) is 2.36. The van der Waals surface area contributed by atoms with Crippen LogP contribution in [-0.2, 0) is 0 Å². The van der Waals surface area contributed by atoms with E-state index in [0.29, 0.717) is 12.0 Å². The van der Waals surface area contributed by atoms with Crippen molar-refractivity contribution in [3.8, 4) is 0 Å². The predicted molar refractivity (Wildman–Crippen MR) is 45.4 cm³/mol. The molecular formula is C8H16N2O. The summed E-state index contributed by atoms with van der Waals surface area (Å²) in [6, 6.07) is 0.558. The molecule has 1 rings (SSSR count). The smallest absolute Gasteiger partial charge is 0.0948 e. The summed E-state index contributed by atoms with van der Waals surface area (Å²) < 4.78 is 2.13. The molecule has 0 aliphatic rings. The lowest BCUT2D eigenvalue weighted by Crippen LogP contribution is -2.08. The molecule has 1 heterocycles. The molecule has 0 saturated carbocycles. The van der Waals surface area contributed by atoms with Gasteiger partial charge in [0.1, 0.15) is 0 Å². The van der Waals surface area contributed by atoms with Gasteiger partial charge in [0.15, 0.2) is 0 Å². The Morgan fingerprint density at radius 1 is 1.27 bits per heavy atom. The second kappa shape index (κ2) is 4.13. The first kappa shape index (κ1) is 10.2. The van der Waals surface area contributed by atoms with Crippen molar-refractivity contribution in [2.24, 2.45) is 5.92 Å². The van der Waals surface area contributed by atoms with Gasteiger partial charge in [0, 0.05) is 18.4 Å². The fraction of sp³-hybridized carbons (Fsp3) is 0.625. The Morgan fingerprint density at radius 2 is 1.91 bits per heavy atom. The van der Waals surface area contributed by atoms with Crippen LogP contribution in [0.5, 0.6) is 0 Å². The summed E-state index contributed by atoms with van der Waals surface area (Å²) in [4.78, 5) is 3.99. The first-order valence-electron chi connectivity index (χ1n) is 3.69. The molecule has 3 heteroatoms. The van der Waals surface area contributed by atoms with Crippen molar-refractivity contribution < 1.29 is 5.48 Å². The largest absolute Gasteiger partial charge is 0.412 e. The summed E-state index contributed by atoms with van der Waals surface area (Å²) in [5.74, 6) is 0.675. The molecule has 11 heavy (non-hydrogen) atoms. The maximum atomic E-state index is 3.99. The third-order valence-corrected chi connectivity index (χ3v) is 1.96. The highest BCUT2D eigenvalue weighted by Crippen LogP contribution is 2.14. The zero-order chi connectivity index (χ0) is 7.56. The molecule has 1 atom stereocenters. The van der Waals surface area contributed by atoms with Crippen molar-refractivity contribution in [1.82, 2.24) is 9.55 Å². The van der Waals surface area contributed by atoms with Crippen LogP contribution in [-0.4, -0.2) is 15.0 Å². The molecule has 0 aliphatic carbocycles. The van der Waals surface area contributed by atoms with Crippen LogP contribution < -0.4 is 0 Å². The van der Waals surface area contributed by atoms with E-state index in [2.05, 4.69) is 30.3 Å². The lowest BCUT2D eigenvalue weighted by Gasteiger charge is -2.16. The number of hydrogen-bond acceptors (Lipinski definition) is 1. The molecule has 0 fully saturated rings. The zero-order valence-electron chi connectivity index (χ0n) is 7.28. The number of rotatable bonds is 2. The minimum atomic E-state index is 0. The summed E-state index contributed by atoms with van der Waals surface area (Å²) in [6.45, 7) is 6.63. The van der Waals surface area contributed by atoms with Crippen molar-refractivity contribution >= 4 is 0 Å². The van der Waals surface area contributed by atoms with Crippen LogP contribution >= 0.6 is 0 Å². The van der Waals surface area contributed by atoms with Gasteiger partial charge in [-0.25, -0.2) is 4.98 Å². The molecule has 1 aromatic heterocycles. The standard InChI is InChI=1S/C8H14N2.H2O/c1-7(2)8(3)10-5-4-9-6-10;/h4-8H,1-3H3;1H2.